The number of hydrogen-bond donors (Lipinski definition) is 1. The van der Waals surface area contributed by atoms with E-state index in [1.165, 1.54) is 11.1 Å². The standard InChI is InChI=1S/C28H32N4O2/c1-19(2)23-11-10-20(3)18-26(23)34-17-7-16-32-25-9-6-5-8-24(25)31-27(32)21(4)30-28(33)22-12-14-29-15-13-22/h5-6,8-15,18-19,21H,7,16-17H2,1-4H3,(H,30,33). The van der Waals surface area contributed by atoms with E-state index in [1.54, 1.807) is 24.5 Å². The van der Waals surface area contributed by atoms with Gasteiger partial charge in [-0.15, -0.1) is 0 Å². The third-order valence-corrected chi connectivity index (χ3v) is 5.94. The van der Waals surface area contributed by atoms with Crippen molar-refractivity contribution in [3.05, 3.63) is 89.5 Å². The van der Waals surface area contributed by atoms with Gasteiger partial charge in [-0.25, -0.2) is 4.98 Å². The molecule has 0 aliphatic carbocycles. The number of aromatic nitrogens is 3. The lowest BCUT2D eigenvalue weighted by molar-refractivity contribution is 0.0937. The second-order valence-corrected chi connectivity index (χ2v) is 8.94. The van der Waals surface area contributed by atoms with Gasteiger partial charge < -0.3 is 14.6 Å². The maximum atomic E-state index is 12.7. The van der Waals surface area contributed by atoms with Crippen LogP contribution >= 0.6 is 0 Å². The van der Waals surface area contributed by atoms with E-state index >= 15 is 0 Å². The maximum Gasteiger partial charge on any atom is 0.251 e. The van der Waals surface area contributed by atoms with Crippen molar-refractivity contribution in [1.82, 2.24) is 19.9 Å². The van der Waals surface area contributed by atoms with Gasteiger partial charge in [-0.2, -0.15) is 0 Å². The van der Waals surface area contributed by atoms with Gasteiger partial charge in [0.25, 0.3) is 5.91 Å². The summed E-state index contributed by atoms with van der Waals surface area (Å²) in [6.07, 6.45) is 4.06. The molecule has 0 aliphatic heterocycles. The Labute approximate surface area is 201 Å². The van der Waals surface area contributed by atoms with E-state index in [2.05, 4.69) is 59.9 Å². The number of nitrogens with one attached hydrogen (secondary N) is 1. The maximum absolute atomic E-state index is 12.7. The predicted octanol–water partition coefficient (Wildman–Crippen LogP) is 5.82. The van der Waals surface area contributed by atoms with E-state index in [-0.39, 0.29) is 11.9 Å². The Hall–Kier alpha value is -3.67. The number of carbonyl (C=O) groups is 1. The van der Waals surface area contributed by atoms with Crippen molar-refractivity contribution in [3.8, 4) is 5.75 Å². The van der Waals surface area contributed by atoms with Gasteiger partial charge in [0.05, 0.1) is 23.7 Å². The summed E-state index contributed by atoms with van der Waals surface area (Å²) < 4.78 is 8.39. The van der Waals surface area contributed by atoms with Crippen molar-refractivity contribution in [2.75, 3.05) is 6.61 Å². The number of nitrogens with zero attached hydrogens (tertiary/aromatic N) is 3. The molecule has 1 atom stereocenters. The minimum Gasteiger partial charge on any atom is -0.493 e. The summed E-state index contributed by atoms with van der Waals surface area (Å²) in [4.78, 5) is 21.5. The molecule has 0 fully saturated rings. The molecule has 0 aliphatic rings. The van der Waals surface area contributed by atoms with E-state index < -0.39 is 0 Å². The highest BCUT2D eigenvalue weighted by Gasteiger charge is 2.19. The quantitative estimate of drug-likeness (QED) is 0.322. The second-order valence-electron chi connectivity index (χ2n) is 8.94. The minimum absolute atomic E-state index is 0.141. The van der Waals surface area contributed by atoms with Crippen LogP contribution in [0.25, 0.3) is 11.0 Å². The summed E-state index contributed by atoms with van der Waals surface area (Å²) in [5, 5.41) is 3.07. The Bertz CT molecular complexity index is 1260. The fourth-order valence-corrected chi connectivity index (χ4v) is 4.16. The molecule has 1 amide bonds. The summed E-state index contributed by atoms with van der Waals surface area (Å²) in [5.74, 6) is 2.06. The summed E-state index contributed by atoms with van der Waals surface area (Å²) in [5.41, 5.74) is 4.98. The molecule has 2 aromatic carbocycles. The molecule has 34 heavy (non-hydrogen) atoms. The van der Waals surface area contributed by atoms with Gasteiger partial charge >= 0.3 is 0 Å². The Kier molecular flexibility index (Phi) is 7.26. The first-order chi connectivity index (χ1) is 16.4. The molecular weight excluding hydrogens is 424 g/mol. The second kappa shape index (κ2) is 10.5. The molecule has 2 aromatic heterocycles. The number of benzene rings is 2. The van der Waals surface area contributed by atoms with Crippen molar-refractivity contribution < 1.29 is 9.53 Å². The average molecular weight is 457 g/mol. The lowest BCUT2D eigenvalue weighted by Gasteiger charge is -2.18. The number of hydrogen-bond acceptors (Lipinski definition) is 4. The third-order valence-electron chi connectivity index (χ3n) is 5.94. The minimum atomic E-state index is -0.252. The molecule has 2 heterocycles. The highest BCUT2D eigenvalue weighted by molar-refractivity contribution is 5.94. The Morgan fingerprint density at radius 1 is 1.06 bits per heavy atom. The third kappa shape index (κ3) is 5.28. The zero-order valence-electron chi connectivity index (χ0n) is 20.3. The Morgan fingerprint density at radius 2 is 1.82 bits per heavy atom. The number of amides is 1. The van der Waals surface area contributed by atoms with Crippen LogP contribution in [0.4, 0.5) is 0 Å². The van der Waals surface area contributed by atoms with Crippen LogP contribution < -0.4 is 10.1 Å². The fraction of sp³-hybridized carbons (Fsp3) is 0.321. The topological polar surface area (TPSA) is 69.0 Å². The van der Waals surface area contributed by atoms with Gasteiger partial charge in [0.2, 0.25) is 0 Å². The molecule has 1 N–H and O–H groups in total. The van der Waals surface area contributed by atoms with Crippen LogP contribution in [0.5, 0.6) is 5.75 Å². The molecule has 0 spiro atoms. The number of para-hydroxylation sites is 2. The summed E-state index contributed by atoms with van der Waals surface area (Å²) in [7, 11) is 0. The van der Waals surface area contributed by atoms with Crippen LogP contribution in [0, 0.1) is 6.92 Å². The van der Waals surface area contributed by atoms with Crippen LogP contribution in [-0.2, 0) is 6.54 Å². The smallest absolute Gasteiger partial charge is 0.251 e. The van der Waals surface area contributed by atoms with Gasteiger partial charge in [0.1, 0.15) is 11.6 Å². The van der Waals surface area contributed by atoms with Gasteiger partial charge in [-0.05, 0) is 67.6 Å². The van der Waals surface area contributed by atoms with E-state index in [0.29, 0.717) is 18.1 Å². The molecule has 0 saturated heterocycles. The van der Waals surface area contributed by atoms with Crippen molar-refractivity contribution in [2.45, 2.75) is 52.6 Å². The van der Waals surface area contributed by atoms with E-state index in [4.69, 9.17) is 9.72 Å². The molecule has 1 unspecified atom stereocenters. The Balaban J connectivity index is 1.49. The highest BCUT2D eigenvalue weighted by Crippen LogP contribution is 2.28. The largest absolute Gasteiger partial charge is 0.493 e. The van der Waals surface area contributed by atoms with E-state index in [1.807, 2.05) is 25.1 Å². The first-order valence-corrected chi connectivity index (χ1v) is 11.8. The average Bonchev–Trinajstić information content (AvgIpc) is 3.21. The molecule has 0 radical (unpaired) electrons. The molecule has 6 nitrogen and oxygen atoms in total. The summed E-state index contributed by atoms with van der Waals surface area (Å²) >= 11 is 0. The summed E-state index contributed by atoms with van der Waals surface area (Å²) in [6, 6.07) is 17.6. The first-order valence-electron chi connectivity index (χ1n) is 11.8. The number of imidazole rings is 1. The highest BCUT2D eigenvalue weighted by atomic mass is 16.5. The number of pyridine rings is 1. The number of fused-ring (bicyclic) bond motifs is 1. The first kappa shape index (κ1) is 23.5. The zero-order chi connectivity index (χ0) is 24.1. The lowest BCUT2D eigenvalue weighted by Crippen LogP contribution is -2.28. The van der Waals surface area contributed by atoms with Crippen LogP contribution in [0.3, 0.4) is 0 Å². The molecule has 4 aromatic rings. The van der Waals surface area contributed by atoms with Crippen LogP contribution in [0.15, 0.2) is 67.0 Å². The number of aryl methyl sites for hydroxylation is 2. The van der Waals surface area contributed by atoms with Gasteiger partial charge in [-0.1, -0.05) is 38.1 Å². The van der Waals surface area contributed by atoms with Crippen molar-refractivity contribution >= 4 is 16.9 Å². The van der Waals surface area contributed by atoms with Gasteiger partial charge in [-0.3, -0.25) is 9.78 Å². The number of rotatable bonds is 9. The summed E-state index contributed by atoms with van der Waals surface area (Å²) in [6.45, 7) is 9.77. The van der Waals surface area contributed by atoms with E-state index in [9.17, 15) is 4.79 Å². The van der Waals surface area contributed by atoms with Crippen molar-refractivity contribution in [2.24, 2.45) is 0 Å². The van der Waals surface area contributed by atoms with Crippen LogP contribution in [0.2, 0.25) is 0 Å². The van der Waals surface area contributed by atoms with Crippen molar-refractivity contribution in [1.29, 1.82) is 0 Å². The Morgan fingerprint density at radius 3 is 2.59 bits per heavy atom. The van der Waals surface area contributed by atoms with E-state index in [0.717, 1.165) is 35.6 Å². The van der Waals surface area contributed by atoms with Crippen LogP contribution in [0.1, 0.15) is 66.5 Å². The fourth-order valence-electron chi connectivity index (χ4n) is 4.16. The predicted molar refractivity (Wildman–Crippen MR) is 135 cm³/mol. The van der Waals surface area contributed by atoms with Crippen molar-refractivity contribution in [3.63, 3.8) is 0 Å². The molecule has 176 valence electrons. The molecule has 6 heteroatoms. The van der Waals surface area contributed by atoms with Crippen LogP contribution in [-0.4, -0.2) is 27.0 Å². The van der Waals surface area contributed by atoms with Gasteiger partial charge in [0, 0.05) is 24.5 Å². The van der Waals surface area contributed by atoms with Gasteiger partial charge in [0.15, 0.2) is 0 Å². The number of ether oxygens (including phenoxy) is 1. The normalized spacial score (nSPS) is 12.1. The lowest BCUT2D eigenvalue weighted by atomic mass is 10.0. The zero-order valence-corrected chi connectivity index (χ0v) is 20.3. The monoisotopic (exact) mass is 456 g/mol. The molecule has 0 bridgehead atoms. The SMILES string of the molecule is Cc1ccc(C(C)C)c(OCCCn2c(C(C)NC(=O)c3ccncc3)nc3ccccc32)c1. The molecule has 4 rings (SSSR count). The number of carbonyl (C=O) groups excluding carboxylic acids is 1. The molecular formula is C28H32N4O2. The molecule has 0 saturated carbocycles.